The molecule has 194 valence electrons. The van der Waals surface area contributed by atoms with E-state index in [0.29, 0.717) is 0 Å². The Kier molecular flexibility index (Phi) is 12.2. The van der Waals surface area contributed by atoms with Crippen molar-refractivity contribution in [2.45, 2.75) is 125 Å². The molecular weight excluding hydrogens is 450 g/mol. The van der Waals surface area contributed by atoms with Crippen molar-refractivity contribution in [3.63, 3.8) is 0 Å². The minimum absolute atomic E-state index is 0.00545. The van der Waals surface area contributed by atoms with Gasteiger partial charge in [-0.3, -0.25) is 0 Å². The van der Waals surface area contributed by atoms with Gasteiger partial charge in [-0.25, -0.2) is 0 Å². The van der Waals surface area contributed by atoms with Gasteiger partial charge >= 0.3 is 0 Å². The summed E-state index contributed by atoms with van der Waals surface area (Å²) in [6.45, 7) is 33.7. The van der Waals surface area contributed by atoms with Gasteiger partial charge in [0, 0.05) is 12.0 Å². The highest BCUT2D eigenvalue weighted by Gasteiger charge is 2.44. The first-order chi connectivity index (χ1) is 15.2. The molecule has 0 aromatic rings. The zero-order chi connectivity index (χ0) is 27.1. The normalized spacial score (nSPS) is 18.1. The molecule has 0 saturated carbocycles. The third-order valence-corrected chi connectivity index (χ3v) is 16.7. The van der Waals surface area contributed by atoms with Crippen LogP contribution in [0.25, 0.3) is 0 Å². The van der Waals surface area contributed by atoms with Crippen LogP contribution in [0, 0.1) is 17.2 Å². The van der Waals surface area contributed by atoms with E-state index in [0.717, 1.165) is 5.57 Å². The summed E-state index contributed by atoms with van der Waals surface area (Å²) in [6.07, 6.45) is 9.96. The summed E-state index contributed by atoms with van der Waals surface area (Å²) in [7, 11) is -3.92. The number of rotatable bonds is 10. The van der Waals surface area contributed by atoms with Crippen LogP contribution in [0.1, 0.15) is 76.2 Å². The summed E-state index contributed by atoms with van der Waals surface area (Å²) in [5.41, 5.74) is 3.39. The Balaban J connectivity index is 6.05. The zero-order valence-electron chi connectivity index (χ0n) is 24.9. The summed E-state index contributed by atoms with van der Waals surface area (Å²) in [4.78, 5) is 0. The molecule has 0 aliphatic carbocycles. The molecule has 0 aromatic heterocycles. The van der Waals surface area contributed by atoms with Crippen molar-refractivity contribution in [2.24, 2.45) is 5.92 Å². The molecule has 0 amide bonds. The average molecular weight is 504 g/mol. The third kappa shape index (κ3) is 10.2. The zero-order valence-corrected chi connectivity index (χ0v) is 26.9. The van der Waals surface area contributed by atoms with E-state index in [9.17, 15) is 0 Å². The Labute approximate surface area is 214 Å². The Morgan fingerprint density at radius 3 is 1.74 bits per heavy atom. The average Bonchev–Trinajstić information content (AvgIpc) is 2.63. The summed E-state index contributed by atoms with van der Waals surface area (Å²) in [6, 6.07) is 2.07. The van der Waals surface area contributed by atoms with E-state index < -0.39 is 16.6 Å². The molecule has 0 aliphatic heterocycles. The number of hydrogen-bond donors (Lipinski definition) is 0. The second-order valence-corrected chi connectivity index (χ2v) is 22.4. The minimum atomic E-state index is -1.99. The van der Waals surface area contributed by atoms with Crippen LogP contribution in [0.5, 0.6) is 0 Å². The van der Waals surface area contributed by atoms with Gasteiger partial charge in [0.2, 0.25) is 0 Å². The topological polar surface area (TPSA) is 42.2 Å². The maximum absolute atomic E-state index is 8.77. The molecule has 0 unspecified atom stereocenters. The first-order valence-electron chi connectivity index (χ1n) is 12.6. The second kappa shape index (κ2) is 12.7. The van der Waals surface area contributed by atoms with Crippen LogP contribution < -0.4 is 0 Å². The standard InChI is InChI=1S/C29H53NO2Si2/c1-22(19-20-30)17-16-18-23(2)24(3)21-25(4)27(32-34(14,15)29(9,10)11)26(5)31-33(12,13)28(6,7)8/h16-19,21,25-27H,1-15H3/b17-16+,22-19-,23-18+,24-21+/t25-,26-,27-/m0/s1. The second-order valence-electron chi connectivity index (χ2n) is 12.9. The summed E-state index contributed by atoms with van der Waals surface area (Å²) in [5, 5.41) is 9.06. The molecule has 3 nitrogen and oxygen atoms in total. The molecule has 3 atom stereocenters. The predicted molar refractivity (Wildman–Crippen MR) is 155 cm³/mol. The lowest BCUT2D eigenvalue weighted by Gasteiger charge is -2.45. The molecule has 0 N–H and O–H groups in total. The smallest absolute Gasteiger partial charge is 0.192 e. The summed E-state index contributed by atoms with van der Waals surface area (Å²) in [5.74, 6) is 0.210. The highest BCUT2D eigenvalue weighted by molar-refractivity contribution is 6.74. The van der Waals surface area contributed by atoms with Crippen molar-refractivity contribution in [1.29, 1.82) is 5.26 Å². The van der Waals surface area contributed by atoms with Gasteiger partial charge in [-0.05, 0) is 75.1 Å². The van der Waals surface area contributed by atoms with E-state index >= 15 is 0 Å². The molecule has 0 aliphatic rings. The lowest BCUT2D eigenvalue weighted by atomic mass is 9.96. The number of allylic oxidation sites excluding steroid dienone is 7. The fourth-order valence-electron chi connectivity index (χ4n) is 3.10. The molecule has 0 spiro atoms. The van der Waals surface area contributed by atoms with Crippen molar-refractivity contribution >= 4 is 16.6 Å². The van der Waals surface area contributed by atoms with Crippen molar-refractivity contribution in [2.75, 3.05) is 0 Å². The number of nitriles is 1. The third-order valence-electron chi connectivity index (χ3n) is 7.64. The molecule has 5 heteroatoms. The van der Waals surface area contributed by atoms with Gasteiger partial charge in [-0.1, -0.05) is 78.3 Å². The Morgan fingerprint density at radius 2 is 1.29 bits per heavy atom. The molecule has 0 bridgehead atoms. The van der Waals surface area contributed by atoms with Crippen LogP contribution in [0.15, 0.2) is 47.1 Å². The largest absolute Gasteiger partial charge is 0.412 e. The van der Waals surface area contributed by atoms with E-state index in [1.54, 1.807) is 6.08 Å². The first-order valence-corrected chi connectivity index (χ1v) is 18.4. The lowest BCUT2D eigenvalue weighted by Crippen LogP contribution is -2.52. The number of nitrogens with zero attached hydrogens (tertiary/aromatic N) is 1. The first kappa shape index (κ1) is 32.8. The summed E-state index contributed by atoms with van der Waals surface area (Å²) < 4.78 is 13.9. The van der Waals surface area contributed by atoms with Gasteiger partial charge in [-0.15, -0.1) is 0 Å². The molecule has 0 aromatic carbocycles. The molecular formula is C29H53NO2Si2. The van der Waals surface area contributed by atoms with Crippen molar-refractivity contribution in [3.8, 4) is 6.07 Å². The van der Waals surface area contributed by atoms with Crippen molar-refractivity contribution < 1.29 is 8.85 Å². The van der Waals surface area contributed by atoms with E-state index in [4.69, 9.17) is 14.1 Å². The predicted octanol–water partition coefficient (Wildman–Crippen LogP) is 9.34. The van der Waals surface area contributed by atoms with Crippen LogP contribution >= 0.6 is 0 Å². The maximum Gasteiger partial charge on any atom is 0.192 e. The van der Waals surface area contributed by atoms with Crippen molar-refractivity contribution in [1.82, 2.24) is 0 Å². The lowest BCUT2D eigenvalue weighted by molar-refractivity contribution is 0.0250. The molecule has 0 heterocycles. The minimum Gasteiger partial charge on any atom is -0.412 e. The highest BCUT2D eigenvalue weighted by Crippen LogP contribution is 2.41. The van der Waals surface area contributed by atoms with Gasteiger partial charge in [0.05, 0.1) is 18.3 Å². The fraction of sp³-hybridized carbons (Fsp3) is 0.690. The van der Waals surface area contributed by atoms with Gasteiger partial charge in [-0.2, -0.15) is 5.26 Å². The van der Waals surface area contributed by atoms with Crippen molar-refractivity contribution in [3.05, 3.63) is 47.1 Å². The Morgan fingerprint density at radius 1 is 0.824 bits per heavy atom. The molecule has 0 saturated heterocycles. The molecule has 34 heavy (non-hydrogen) atoms. The van der Waals surface area contributed by atoms with Gasteiger partial charge in [0.1, 0.15) is 0 Å². The fourth-order valence-corrected chi connectivity index (χ4v) is 5.96. The summed E-state index contributed by atoms with van der Waals surface area (Å²) >= 11 is 0. The van der Waals surface area contributed by atoms with Crippen LogP contribution in [0.4, 0.5) is 0 Å². The maximum atomic E-state index is 8.77. The van der Waals surface area contributed by atoms with E-state index in [2.05, 4.69) is 114 Å². The van der Waals surface area contributed by atoms with Gasteiger partial charge < -0.3 is 8.85 Å². The SMILES string of the molecule is CC(=C/C#N)/C=C/C=C(C)/C(C)=C/[C@H](C)[C@H](O[Si](C)(C)C(C)(C)C)[C@H](C)O[Si](C)(C)C(C)(C)C. The Hall–Kier alpha value is -1.20. The monoisotopic (exact) mass is 503 g/mol. The highest BCUT2D eigenvalue weighted by atomic mass is 28.4. The van der Waals surface area contributed by atoms with Crippen LogP contribution in [-0.4, -0.2) is 28.8 Å². The van der Waals surface area contributed by atoms with E-state index in [1.165, 1.54) is 11.1 Å². The molecule has 0 fully saturated rings. The van der Waals surface area contributed by atoms with Gasteiger partial charge in [0.15, 0.2) is 16.6 Å². The Bertz CT molecular complexity index is 828. The van der Waals surface area contributed by atoms with E-state index in [1.807, 2.05) is 19.1 Å². The van der Waals surface area contributed by atoms with Gasteiger partial charge in [0.25, 0.3) is 0 Å². The molecule has 0 radical (unpaired) electrons. The van der Waals surface area contributed by atoms with Crippen LogP contribution in [-0.2, 0) is 8.85 Å². The molecule has 0 rings (SSSR count). The quantitative estimate of drug-likeness (QED) is 0.169. The van der Waals surface area contributed by atoms with E-state index in [-0.39, 0.29) is 28.2 Å². The van der Waals surface area contributed by atoms with Crippen LogP contribution in [0.2, 0.25) is 36.3 Å². The number of hydrogen-bond acceptors (Lipinski definition) is 3. The van der Waals surface area contributed by atoms with Crippen LogP contribution in [0.3, 0.4) is 0 Å².